The number of hydrogen-bond donors (Lipinski definition) is 2. The number of rotatable bonds is 8. The highest BCUT2D eigenvalue weighted by atomic mass is 16.4. The van der Waals surface area contributed by atoms with E-state index >= 15 is 0 Å². The summed E-state index contributed by atoms with van der Waals surface area (Å²) < 4.78 is 0. The normalized spacial score (nSPS) is 13.3. The Morgan fingerprint density at radius 2 is 1.64 bits per heavy atom. The maximum Gasteiger partial charge on any atom is 0.308 e. The second kappa shape index (κ2) is 11.5. The zero-order valence-electron chi connectivity index (χ0n) is 22.4. The first-order valence-corrected chi connectivity index (χ1v) is 13.3. The van der Waals surface area contributed by atoms with Crippen molar-refractivity contribution < 1.29 is 14.7 Å². The van der Waals surface area contributed by atoms with E-state index in [9.17, 15) is 14.7 Å². The van der Waals surface area contributed by atoms with E-state index < -0.39 is 5.97 Å². The third-order valence-electron chi connectivity index (χ3n) is 7.00. The van der Waals surface area contributed by atoms with Gasteiger partial charge >= 0.3 is 5.97 Å². The van der Waals surface area contributed by atoms with Crippen LogP contribution in [-0.4, -0.2) is 54.1 Å². The van der Waals surface area contributed by atoms with Crippen molar-refractivity contribution in [3.8, 4) is 0 Å². The highest BCUT2D eigenvalue weighted by molar-refractivity contribution is 6.06. The maximum absolute atomic E-state index is 12.8. The number of aliphatic carboxylic acids is 1. The van der Waals surface area contributed by atoms with E-state index in [-0.39, 0.29) is 12.3 Å². The summed E-state index contributed by atoms with van der Waals surface area (Å²) in [7, 11) is 3.76. The number of nitrogens with zero attached hydrogens (tertiary/aromatic N) is 4. The van der Waals surface area contributed by atoms with Crippen LogP contribution in [0.15, 0.2) is 66.7 Å². The van der Waals surface area contributed by atoms with Gasteiger partial charge in [-0.05, 0) is 59.9 Å². The largest absolute Gasteiger partial charge is 0.481 e. The number of benzene rings is 3. The lowest BCUT2D eigenvalue weighted by Gasteiger charge is -2.31. The van der Waals surface area contributed by atoms with Gasteiger partial charge in [-0.25, -0.2) is 9.97 Å². The molecule has 1 fully saturated rings. The molecule has 1 saturated heterocycles. The van der Waals surface area contributed by atoms with Crippen molar-refractivity contribution in [1.82, 2.24) is 9.97 Å². The van der Waals surface area contributed by atoms with Crippen molar-refractivity contribution in [3.63, 3.8) is 0 Å². The van der Waals surface area contributed by atoms with Gasteiger partial charge in [-0.2, -0.15) is 0 Å². The predicted octanol–water partition coefficient (Wildman–Crippen LogP) is 5.16. The number of carboxylic acid groups (broad SMARTS) is 1. The number of hydrogen-bond acceptors (Lipinski definition) is 6. The van der Waals surface area contributed by atoms with Crippen LogP contribution < -0.4 is 15.1 Å². The standard InChI is InChI=1S/C31H33N5O3/c1-35(2)29-26(20-28(37)38)30(36-16-6-3-7-17-36)34-27(33-29)18-21-10-14-25(15-11-21)32-31(39)24-13-12-22-8-4-5-9-23(22)19-24/h4-5,8-15,19H,3,6-7,16-18,20H2,1-2H3,(H,32,39)(H,37,38). The fraction of sp³-hybridized carbons (Fsp3) is 0.290. The summed E-state index contributed by atoms with van der Waals surface area (Å²) in [6, 6.07) is 21.3. The van der Waals surface area contributed by atoms with Crippen molar-refractivity contribution in [2.45, 2.75) is 32.1 Å². The Hall–Kier alpha value is -4.46. The second-order valence-corrected chi connectivity index (χ2v) is 10.2. The molecule has 1 aromatic heterocycles. The lowest BCUT2D eigenvalue weighted by Crippen LogP contribution is -2.33. The van der Waals surface area contributed by atoms with Crippen LogP contribution in [0.25, 0.3) is 10.8 Å². The van der Waals surface area contributed by atoms with E-state index in [1.165, 1.54) is 6.42 Å². The Morgan fingerprint density at radius 1 is 0.923 bits per heavy atom. The van der Waals surface area contributed by atoms with E-state index in [0.29, 0.717) is 34.9 Å². The molecule has 1 aliphatic heterocycles. The van der Waals surface area contributed by atoms with Gasteiger partial charge < -0.3 is 20.2 Å². The summed E-state index contributed by atoms with van der Waals surface area (Å²) in [5.74, 6) is 0.954. The first-order valence-electron chi connectivity index (χ1n) is 13.3. The lowest BCUT2D eigenvalue weighted by molar-refractivity contribution is -0.136. The summed E-state index contributed by atoms with van der Waals surface area (Å²) in [6.45, 7) is 1.73. The summed E-state index contributed by atoms with van der Waals surface area (Å²) in [6.07, 6.45) is 3.68. The molecule has 8 nitrogen and oxygen atoms in total. The number of carbonyl (C=O) groups excluding carboxylic acids is 1. The number of aromatic nitrogens is 2. The zero-order chi connectivity index (χ0) is 27.4. The molecule has 0 bridgehead atoms. The first-order chi connectivity index (χ1) is 18.9. The summed E-state index contributed by atoms with van der Waals surface area (Å²) in [5.41, 5.74) is 2.97. The van der Waals surface area contributed by atoms with Crippen LogP contribution in [0.4, 0.5) is 17.3 Å². The smallest absolute Gasteiger partial charge is 0.308 e. The molecule has 8 heteroatoms. The van der Waals surface area contributed by atoms with E-state index in [1.54, 1.807) is 0 Å². The third kappa shape index (κ3) is 6.17. The number of carbonyl (C=O) groups is 2. The van der Waals surface area contributed by atoms with Crippen LogP contribution in [-0.2, 0) is 17.6 Å². The van der Waals surface area contributed by atoms with Crippen LogP contribution >= 0.6 is 0 Å². The van der Waals surface area contributed by atoms with Crippen LogP contribution in [0.5, 0.6) is 0 Å². The molecule has 1 aliphatic rings. The molecule has 0 aliphatic carbocycles. The minimum atomic E-state index is -0.894. The van der Waals surface area contributed by atoms with Gasteiger partial charge in [0, 0.05) is 50.4 Å². The summed E-state index contributed by atoms with van der Waals surface area (Å²) >= 11 is 0. The summed E-state index contributed by atoms with van der Waals surface area (Å²) in [4.78, 5) is 38.2. The van der Waals surface area contributed by atoms with Crippen LogP contribution in [0.3, 0.4) is 0 Å². The van der Waals surface area contributed by atoms with Crippen LogP contribution in [0.1, 0.15) is 46.6 Å². The quantitative estimate of drug-likeness (QED) is 0.329. The van der Waals surface area contributed by atoms with Crippen molar-refractivity contribution in [2.75, 3.05) is 42.3 Å². The summed E-state index contributed by atoms with van der Waals surface area (Å²) in [5, 5.41) is 14.7. The first kappa shape index (κ1) is 26.2. The number of fused-ring (bicyclic) bond motifs is 1. The number of nitrogens with one attached hydrogen (secondary N) is 1. The predicted molar refractivity (Wildman–Crippen MR) is 155 cm³/mol. The Bertz CT molecular complexity index is 1490. The zero-order valence-corrected chi connectivity index (χ0v) is 22.4. The minimum absolute atomic E-state index is 0.120. The fourth-order valence-electron chi connectivity index (χ4n) is 5.05. The fourth-order valence-corrected chi connectivity index (χ4v) is 5.05. The van der Waals surface area contributed by atoms with Crippen molar-refractivity contribution in [1.29, 1.82) is 0 Å². The molecule has 2 N–H and O–H groups in total. The van der Waals surface area contributed by atoms with Crippen molar-refractivity contribution >= 4 is 40.0 Å². The Morgan fingerprint density at radius 3 is 2.33 bits per heavy atom. The molecule has 200 valence electrons. The van der Waals surface area contributed by atoms with Crippen LogP contribution in [0.2, 0.25) is 0 Å². The topological polar surface area (TPSA) is 98.7 Å². The van der Waals surface area contributed by atoms with Gasteiger partial charge in [0.15, 0.2) is 0 Å². The Labute approximate surface area is 228 Å². The van der Waals surface area contributed by atoms with Gasteiger partial charge in [-0.1, -0.05) is 42.5 Å². The van der Waals surface area contributed by atoms with E-state index in [0.717, 1.165) is 48.1 Å². The number of amides is 1. The number of piperidine rings is 1. The average molecular weight is 524 g/mol. The van der Waals surface area contributed by atoms with Gasteiger partial charge in [0.1, 0.15) is 17.5 Å². The van der Waals surface area contributed by atoms with Gasteiger partial charge in [-0.3, -0.25) is 9.59 Å². The number of anilines is 3. The maximum atomic E-state index is 12.8. The molecule has 0 atom stereocenters. The molecule has 4 aromatic rings. The molecule has 39 heavy (non-hydrogen) atoms. The second-order valence-electron chi connectivity index (χ2n) is 10.2. The molecule has 0 spiro atoms. The monoisotopic (exact) mass is 523 g/mol. The van der Waals surface area contributed by atoms with Crippen LogP contribution in [0, 0.1) is 0 Å². The molecule has 0 unspecified atom stereocenters. The molecule has 3 aromatic carbocycles. The minimum Gasteiger partial charge on any atom is -0.481 e. The van der Waals surface area contributed by atoms with Gasteiger partial charge in [0.25, 0.3) is 5.91 Å². The molecular formula is C31H33N5O3. The van der Waals surface area contributed by atoms with E-state index in [2.05, 4.69) is 10.2 Å². The Kier molecular flexibility index (Phi) is 7.72. The molecule has 0 saturated carbocycles. The highest BCUT2D eigenvalue weighted by Gasteiger charge is 2.24. The molecule has 0 radical (unpaired) electrons. The van der Waals surface area contributed by atoms with Crippen molar-refractivity contribution in [3.05, 3.63) is 89.2 Å². The molecule has 1 amide bonds. The Balaban J connectivity index is 1.35. The van der Waals surface area contributed by atoms with Gasteiger partial charge in [0.05, 0.1) is 6.42 Å². The van der Waals surface area contributed by atoms with E-state index in [1.807, 2.05) is 85.7 Å². The molecule has 2 heterocycles. The van der Waals surface area contributed by atoms with Crippen molar-refractivity contribution in [2.24, 2.45) is 0 Å². The molecule has 5 rings (SSSR count). The third-order valence-corrected chi connectivity index (χ3v) is 7.00. The van der Waals surface area contributed by atoms with E-state index in [4.69, 9.17) is 9.97 Å². The SMILES string of the molecule is CN(C)c1nc(Cc2ccc(NC(=O)c3ccc4ccccc4c3)cc2)nc(N2CCCCC2)c1CC(=O)O. The molecular weight excluding hydrogens is 490 g/mol. The van der Waals surface area contributed by atoms with Gasteiger partial charge in [0.2, 0.25) is 0 Å². The van der Waals surface area contributed by atoms with Gasteiger partial charge in [-0.15, -0.1) is 0 Å². The highest BCUT2D eigenvalue weighted by Crippen LogP contribution is 2.30. The lowest BCUT2D eigenvalue weighted by atomic mass is 10.1. The number of carboxylic acids is 1. The average Bonchev–Trinajstić information content (AvgIpc) is 2.94.